The van der Waals surface area contributed by atoms with Crippen molar-refractivity contribution in [1.29, 1.82) is 0 Å². The minimum Gasteiger partial charge on any atom is -0.353 e. The molecule has 0 aliphatic carbocycles. The summed E-state index contributed by atoms with van der Waals surface area (Å²) in [7, 11) is 3.91. The number of nitrogens with one attached hydrogen (secondary N) is 1. The number of nitro groups is 1. The van der Waals surface area contributed by atoms with Crippen LogP contribution in [0.25, 0.3) is 0 Å². The van der Waals surface area contributed by atoms with Crippen LogP contribution in [0.2, 0.25) is 0 Å². The third kappa shape index (κ3) is 3.86. The number of anilines is 1. The molecule has 0 bridgehead atoms. The Hall–Kier alpha value is -1.76. The van der Waals surface area contributed by atoms with Crippen molar-refractivity contribution in [2.24, 2.45) is 0 Å². The third-order valence-corrected chi connectivity index (χ3v) is 1.69. The summed E-state index contributed by atoms with van der Waals surface area (Å²) >= 11 is 0. The van der Waals surface area contributed by atoms with Gasteiger partial charge in [-0.15, -0.1) is 0 Å². The Bertz CT molecular complexity index is 324. The van der Waals surface area contributed by atoms with E-state index in [2.05, 4.69) is 15.3 Å². The Kier molecular flexibility index (Phi) is 3.92. The second kappa shape index (κ2) is 5.20. The van der Waals surface area contributed by atoms with Crippen molar-refractivity contribution in [2.45, 2.75) is 0 Å². The van der Waals surface area contributed by atoms with E-state index in [0.29, 0.717) is 12.5 Å². The zero-order valence-corrected chi connectivity index (χ0v) is 8.67. The zero-order valence-electron chi connectivity index (χ0n) is 8.67. The van der Waals surface area contributed by atoms with Gasteiger partial charge in [-0.2, -0.15) is 0 Å². The first kappa shape index (κ1) is 11.3. The van der Waals surface area contributed by atoms with Gasteiger partial charge in [0.25, 0.3) is 0 Å². The SMILES string of the molecule is CN(C)CCNc1ncc([N+](=O)[O-])cn1. The lowest BCUT2D eigenvalue weighted by Gasteiger charge is -2.09. The summed E-state index contributed by atoms with van der Waals surface area (Å²) in [6.45, 7) is 1.55. The van der Waals surface area contributed by atoms with E-state index in [4.69, 9.17) is 0 Å². The Morgan fingerprint density at radius 2 is 2.07 bits per heavy atom. The molecule has 0 saturated heterocycles. The summed E-state index contributed by atoms with van der Waals surface area (Å²) in [5.41, 5.74) is -0.104. The van der Waals surface area contributed by atoms with Crippen LogP contribution >= 0.6 is 0 Å². The number of hydrogen-bond donors (Lipinski definition) is 1. The fraction of sp³-hybridized carbons (Fsp3) is 0.500. The predicted octanol–water partition coefficient (Wildman–Crippen LogP) is 0.358. The van der Waals surface area contributed by atoms with Crippen LogP contribution in [0.1, 0.15) is 0 Å². The van der Waals surface area contributed by atoms with E-state index in [-0.39, 0.29) is 5.69 Å². The van der Waals surface area contributed by atoms with Crippen molar-refractivity contribution >= 4 is 11.6 Å². The van der Waals surface area contributed by atoms with E-state index in [1.54, 1.807) is 0 Å². The smallest absolute Gasteiger partial charge is 0.305 e. The Morgan fingerprint density at radius 1 is 1.47 bits per heavy atom. The molecule has 0 saturated carbocycles. The van der Waals surface area contributed by atoms with Crippen molar-refractivity contribution in [2.75, 3.05) is 32.5 Å². The molecular weight excluding hydrogens is 198 g/mol. The highest BCUT2D eigenvalue weighted by atomic mass is 16.6. The average molecular weight is 211 g/mol. The average Bonchev–Trinajstić information content (AvgIpc) is 2.18. The van der Waals surface area contributed by atoms with Gasteiger partial charge in [0.05, 0.1) is 4.92 Å². The summed E-state index contributed by atoms with van der Waals surface area (Å²) < 4.78 is 0. The van der Waals surface area contributed by atoms with Gasteiger partial charge in [-0.1, -0.05) is 0 Å². The van der Waals surface area contributed by atoms with E-state index in [1.165, 1.54) is 12.4 Å². The van der Waals surface area contributed by atoms with Gasteiger partial charge in [0.15, 0.2) is 0 Å². The minimum absolute atomic E-state index is 0.104. The maximum atomic E-state index is 10.3. The van der Waals surface area contributed by atoms with Gasteiger partial charge in [0, 0.05) is 13.1 Å². The molecule has 0 aromatic carbocycles. The zero-order chi connectivity index (χ0) is 11.3. The molecule has 1 aromatic rings. The molecule has 7 heteroatoms. The van der Waals surface area contributed by atoms with Crippen LogP contribution in [-0.4, -0.2) is 47.0 Å². The second-order valence-electron chi connectivity index (χ2n) is 3.25. The molecule has 1 N–H and O–H groups in total. The van der Waals surface area contributed by atoms with Crippen molar-refractivity contribution in [1.82, 2.24) is 14.9 Å². The highest BCUT2D eigenvalue weighted by Gasteiger charge is 2.05. The topological polar surface area (TPSA) is 84.2 Å². The highest BCUT2D eigenvalue weighted by molar-refractivity contribution is 5.30. The molecule has 1 rings (SSSR count). The minimum atomic E-state index is -0.524. The van der Waals surface area contributed by atoms with Crippen LogP contribution in [0, 0.1) is 10.1 Å². The van der Waals surface area contributed by atoms with Gasteiger partial charge in [-0.25, -0.2) is 9.97 Å². The number of rotatable bonds is 5. The van der Waals surface area contributed by atoms with Crippen molar-refractivity contribution in [3.8, 4) is 0 Å². The number of nitrogens with zero attached hydrogens (tertiary/aromatic N) is 4. The predicted molar refractivity (Wildman–Crippen MR) is 55.7 cm³/mol. The van der Waals surface area contributed by atoms with Gasteiger partial charge in [-0.05, 0) is 14.1 Å². The van der Waals surface area contributed by atoms with Crippen LogP contribution in [-0.2, 0) is 0 Å². The third-order valence-electron chi connectivity index (χ3n) is 1.69. The van der Waals surface area contributed by atoms with Gasteiger partial charge >= 0.3 is 5.69 Å². The van der Waals surface area contributed by atoms with Gasteiger partial charge in [0.1, 0.15) is 12.4 Å². The lowest BCUT2D eigenvalue weighted by molar-refractivity contribution is -0.385. The fourth-order valence-electron chi connectivity index (χ4n) is 0.898. The number of likely N-dealkylation sites (N-methyl/N-ethyl adjacent to an activating group) is 1. The van der Waals surface area contributed by atoms with Crippen LogP contribution in [0.15, 0.2) is 12.4 Å². The maximum absolute atomic E-state index is 10.3. The number of aromatic nitrogens is 2. The molecular formula is C8H13N5O2. The van der Waals surface area contributed by atoms with E-state index in [1.807, 2.05) is 19.0 Å². The molecule has 0 aliphatic rings. The van der Waals surface area contributed by atoms with Crippen LogP contribution in [0.4, 0.5) is 11.6 Å². The molecule has 7 nitrogen and oxygen atoms in total. The van der Waals surface area contributed by atoms with Crippen molar-refractivity contribution in [3.63, 3.8) is 0 Å². The molecule has 0 spiro atoms. The lowest BCUT2D eigenvalue weighted by atomic mass is 10.5. The molecule has 0 atom stereocenters. The standard InChI is InChI=1S/C8H13N5O2/c1-12(2)4-3-9-8-10-5-7(6-11-8)13(14)15/h5-6H,3-4H2,1-2H3,(H,9,10,11). The van der Waals surface area contributed by atoms with Gasteiger partial charge < -0.3 is 10.2 Å². The molecule has 1 aromatic heterocycles. The lowest BCUT2D eigenvalue weighted by Crippen LogP contribution is -2.21. The Balaban J connectivity index is 2.46. The quantitative estimate of drug-likeness (QED) is 0.559. The van der Waals surface area contributed by atoms with E-state index in [9.17, 15) is 10.1 Å². The first-order valence-electron chi connectivity index (χ1n) is 4.44. The normalized spacial score (nSPS) is 10.3. The van der Waals surface area contributed by atoms with Crippen molar-refractivity contribution in [3.05, 3.63) is 22.5 Å². The van der Waals surface area contributed by atoms with E-state index in [0.717, 1.165) is 6.54 Å². The Labute approximate surface area is 87.3 Å². The summed E-state index contributed by atoms with van der Waals surface area (Å²) in [5.74, 6) is 0.405. The van der Waals surface area contributed by atoms with Crippen LogP contribution < -0.4 is 5.32 Å². The molecule has 0 fully saturated rings. The summed E-state index contributed by atoms with van der Waals surface area (Å²) in [6, 6.07) is 0. The second-order valence-corrected chi connectivity index (χ2v) is 3.25. The molecule has 0 unspecified atom stereocenters. The molecule has 15 heavy (non-hydrogen) atoms. The van der Waals surface area contributed by atoms with E-state index < -0.39 is 4.92 Å². The van der Waals surface area contributed by atoms with Gasteiger partial charge in [-0.3, -0.25) is 10.1 Å². The summed E-state index contributed by atoms with van der Waals surface area (Å²) in [6.07, 6.45) is 2.37. The molecule has 0 amide bonds. The first-order chi connectivity index (χ1) is 7.09. The molecule has 1 heterocycles. The highest BCUT2D eigenvalue weighted by Crippen LogP contribution is 2.07. The van der Waals surface area contributed by atoms with Gasteiger partial charge in [0.2, 0.25) is 5.95 Å². The van der Waals surface area contributed by atoms with Crippen molar-refractivity contribution < 1.29 is 4.92 Å². The molecule has 82 valence electrons. The first-order valence-corrected chi connectivity index (χ1v) is 4.44. The number of hydrogen-bond acceptors (Lipinski definition) is 6. The summed E-state index contributed by atoms with van der Waals surface area (Å²) in [5, 5.41) is 13.3. The maximum Gasteiger partial charge on any atom is 0.305 e. The fourth-order valence-corrected chi connectivity index (χ4v) is 0.898. The largest absolute Gasteiger partial charge is 0.353 e. The monoisotopic (exact) mass is 211 g/mol. The molecule has 0 radical (unpaired) electrons. The van der Waals surface area contributed by atoms with Crippen LogP contribution in [0.3, 0.4) is 0 Å². The Morgan fingerprint density at radius 3 is 2.53 bits per heavy atom. The van der Waals surface area contributed by atoms with E-state index >= 15 is 0 Å². The summed E-state index contributed by atoms with van der Waals surface area (Å²) in [4.78, 5) is 19.4. The molecule has 0 aliphatic heterocycles. The van der Waals surface area contributed by atoms with Crippen LogP contribution in [0.5, 0.6) is 0 Å².